The number of hydrogen-bond acceptors (Lipinski definition) is 10. The first-order valence-electron chi connectivity index (χ1n) is 13.9. The zero-order valence-electron chi connectivity index (χ0n) is 23.6. The first-order valence-corrected chi connectivity index (χ1v) is 13.9. The molecule has 5 rings (SSSR count). The molecule has 0 bridgehead atoms. The van der Waals surface area contributed by atoms with Crippen LogP contribution in [-0.2, 0) is 17.8 Å². The minimum absolute atomic E-state index is 0.0820. The number of Topliss-reactive ketones (excluding diaryl/α,β-unsaturated/α-hetero) is 2. The van der Waals surface area contributed by atoms with E-state index in [1.165, 1.54) is 0 Å². The molecule has 1 aromatic carbocycles. The molecule has 1 saturated carbocycles. The van der Waals surface area contributed by atoms with E-state index >= 15 is 0 Å². The molecule has 1 aromatic rings. The number of phenols is 1. The van der Waals surface area contributed by atoms with Gasteiger partial charge in [0.15, 0.2) is 0 Å². The quantitative estimate of drug-likeness (QED) is 0.279. The maximum absolute atomic E-state index is 14.1. The van der Waals surface area contributed by atoms with Gasteiger partial charge in [0.2, 0.25) is 0 Å². The molecule has 0 aromatic heterocycles. The summed E-state index contributed by atoms with van der Waals surface area (Å²) in [4.78, 5) is 31.3. The van der Waals surface area contributed by atoms with E-state index in [9.17, 15) is 30.0 Å². The molecule has 0 aliphatic heterocycles. The van der Waals surface area contributed by atoms with Gasteiger partial charge in [0, 0.05) is 6.04 Å². The maximum atomic E-state index is 14.1. The van der Waals surface area contributed by atoms with E-state index in [-0.39, 0.29) is 40.2 Å². The second-order valence-corrected chi connectivity index (χ2v) is 12.1. The molecule has 0 radical (unpaired) electrons. The third-order valence-corrected chi connectivity index (χ3v) is 9.27. The number of hydrogen-bond donors (Lipinski definition) is 6. The number of carbonyl (C=O) groups excluding carboxylic acids is 2. The Morgan fingerprint density at radius 1 is 1.15 bits per heavy atom. The van der Waals surface area contributed by atoms with Crippen LogP contribution in [0.15, 0.2) is 28.7 Å². The fraction of sp³-hybridized carbons (Fsp3) is 0.552. The van der Waals surface area contributed by atoms with Crippen molar-refractivity contribution < 1.29 is 30.0 Å². The molecule has 1 fully saturated rings. The SMILES string of the molecule is B=C(N)C1=C(O)C(N(C)C)[C@@H]2C[C@@H]3Cc4c(N(C)C)cc(CNC5CCCC5)c(O)c4C(=O)C3=C(O)[C@]2(O)C1=O. The van der Waals surface area contributed by atoms with Gasteiger partial charge in [-0.05, 0) is 12.8 Å². The predicted octanol–water partition coefficient (Wildman–Crippen LogP) is 0.723. The number of aliphatic hydroxyl groups is 3. The zero-order chi connectivity index (χ0) is 29.3. The zero-order valence-corrected chi connectivity index (χ0v) is 23.6. The van der Waals surface area contributed by atoms with Gasteiger partial charge in [-0.15, -0.1) is 0 Å². The van der Waals surface area contributed by atoms with Gasteiger partial charge in [-0.3, -0.25) is 0 Å². The number of nitrogens with two attached hydrogens (primary N) is 1. The molecule has 40 heavy (non-hydrogen) atoms. The second kappa shape index (κ2) is 10.0. The number of anilines is 1. The van der Waals surface area contributed by atoms with Gasteiger partial charge in [-0.1, -0.05) is 12.8 Å². The molecule has 214 valence electrons. The standard InChI is InChI=1S/C29H39BN4O6/c1-33(2)18-11-14(12-32-15-7-5-6-8-15)23(35)20-16(18)9-13-10-17-22(34(3)4)25(37)21(28(30)31)27(39)29(17,40)26(38)19(13)24(20)36/h11,13,15,17,22,30,32,35,37-38,40H,5-10,12,31H2,1-4H3/t13-,17-,22?,29-/m0/s1. The van der Waals surface area contributed by atoms with Crippen LogP contribution in [0.3, 0.4) is 0 Å². The van der Waals surface area contributed by atoms with Crippen molar-refractivity contribution in [2.24, 2.45) is 17.6 Å². The van der Waals surface area contributed by atoms with Crippen molar-refractivity contribution in [2.45, 2.75) is 62.8 Å². The Bertz CT molecular complexity index is 1360. The molecule has 4 aliphatic carbocycles. The Morgan fingerprint density at radius 2 is 1.80 bits per heavy atom. The molecule has 4 atom stereocenters. The number of phenolic OH excluding ortho intramolecular Hbond substituents is 1. The minimum atomic E-state index is -2.49. The number of allylic oxidation sites excluding steroid dienone is 1. The van der Waals surface area contributed by atoms with Crippen molar-refractivity contribution >= 4 is 30.3 Å². The van der Waals surface area contributed by atoms with Crippen LogP contribution >= 0.6 is 0 Å². The number of aliphatic hydroxyl groups excluding tert-OH is 2. The van der Waals surface area contributed by atoms with Crippen LogP contribution in [0.1, 0.15) is 53.6 Å². The van der Waals surface area contributed by atoms with Crippen LogP contribution in [0.5, 0.6) is 5.75 Å². The monoisotopic (exact) mass is 550 g/mol. The first-order chi connectivity index (χ1) is 18.8. The van der Waals surface area contributed by atoms with Gasteiger partial charge in [0.25, 0.3) is 0 Å². The Balaban J connectivity index is 1.65. The summed E-state index contributed by atoms with van der Waals surface area (Å²) in [6.45, 7) is 0.382. The van der Waals surface area contributed by atoms with Crippen molar-refractivity contribution in [2.75, 3.05) is 33.1 Å². The van der Waals surface area contributed by atoms with Crippen molar-refractivity contribution in [3.8, 4) is 5.75 Å². The number of rotatable bonds is 6. The summed E-state index contributed by atoms with van der Waals surface area (Å²) in [6, 6.07) is 1.40. The Labute approximate surface area is 235 Å². The summed E-state index contributed by atoms with van der Waals surface area (Å²) in [5, 5.41) is 49.4. The number of aromatic hydroxyl groups is 1. The first kappa shape index (κ1) is 28.4. The molecular weight excluding hydrogens is 511 g/mol. The number of nitrogens with one attached hydrogen (secondary N) is 1. The van der Waals surface area contributed by atoms with Gasteiger partial charge >= 0.3 is 203 Å². The molecule has 4 aliphatic rings. The number of likely N-dealkylation sites (N-methyl/N-ethyl adjacent to an activating group) is 1. The number of benzene rings is 1. The van der Waals surface area contributed by atoms with Gasteiger partial charge in [0.05, 0.1) is 0 Å². The van der Waals surface area contributed by atoms with Crippen molar-refractivity contribution in [1.82, 2.24) is 10.2 Å². The summed E-state index contributed by atoms with van der Waals surface area (Å²) in [5.41, 5.74) is 4.78. The fourth-order valence-electron chi connectivity index (χ4n) is 7.34. The van der Waals surface area contributed by atoms with Crippen LogP contribution in [0, 0.1) is 11.8 Å². The molecule has 0 heterocycles. The van der Waals surface area contributed by atoms with Crippen molar-refractivity contribution in [3.05, 3.63) is 45.4 Å². The van der Waals surface area contributed by atoms with Crippen molar-refractivity contribution in [3.63, 3.8) is 0 Å². The van der Waals surface area contributed by atoms with E-state index in [4.69, 9.17) is 5.73 Å². The topological polar surface area (TPSA) is 160 Å². The summed E-state index contributed by atoms with van der Waals surface area (Å²) in [5.74, 6) is -4.31. The van der Waals surface area contributed by atoms with E-state index < -0.39 is 40.8 Å². The Morgan fingerprint density at radius 3 is 2.38 bits per heavy atom. The van der Waals surface area contributed by atoms with Gasteiger partial charge in [0.1, 0.15) is 0 Å². The Hall–Kier alpha value is -3.15. The van der Waals surface area contributed by atoms with E-state index in [0.717, 1.165) is 31.4 Å². The number of fused-ring (bicyclic) bond motifs is 3. The average Bonchev–Trinajstić information content (AvgIpc) is 3.39. The van der Waals surface area contributed by atoms with Crippen LogP contribution in [0.4, 0.5) is 5.69 Å². The van der Waals surface area contributed by atoms with Crippen LogP contribution in [0.2, 0.25) is 0 Å². The number of nitrogens with zero attached hydrogens (tertiary/aromatic N) is 2. The molecule has 10 nitrogen and oxygen atoms in total. The molecule has 0 saturated heterocycles. The van der Waals surface area contributed by atoms with E-state index in [2.05, 4.69) is 12.8 Å². The van der Waals surface area contributed by atoms with Gasteiger partial charge in [-0.2, -0.15) is 0 Å². The number of carbonyl (C=O) groups is 2. The van der Waals surface area contributed by atoms with Crippen LogP contribution in [-0.4, -0.2) is 95.8 Å². The van der Waals surface area contributed by atoms with Crippen molar-refractivity contribution in [1.29, 1.82) is 0 Å². The van der Waals surface area contributed by atoms with E-state index in [1.807, 2.05) is 25.1 Å². The van der Waals surface area contributed by atoms with Crippen LogP contribution < -0.4 is 16.0 Å². The summed E-state index contributed by atoms with van der Waals surface area (Å²) in [7, 11) is 10.7. The summed E-state index contributed by atoms with van der Waals surface area (Å²) < 4.78 is 0. The predicted molar refractivity (Wildman–Crippen MR) is 154 cm³/mol. The molecule has 0 spiro atoms. The third-order valence-electron chi connectivity index (χ3n) is 9.27. The van der Waals surface area contributed by atoms with Gasteiger partial charge < -0.3 is 0 Å². The molecule has 0 amide bonds. The fourth-order valence-corrected chi connectivity index (χ4v) is 7.34. The second-order valence-electron chi connectivity index (χ2n) is 12.1. The summed E-state index contributed by atoms with van der Waals surface area (Å²) >= 11 is 0. The van der Waals surface area contributed by atoms with Crippen LogP contribution in [0.25, 0.3) is 0 Å². The summed E-state index contributed by atoms with van der Waals surface area (Å²) in [6.07, 6.45) is 4.90. The van der Waals surface area contributed by atoms with Gasteiger partial charge in [-0.25, -0.2) is 0 Å². The van der Waals surface area contributed by atoms with E-state index in [0.29, 0.717) is 30.1 Å². The Kier molecular flexibility index (Phi) is 7.13. The molecule has 1 unspecified atom stereocenters. The average molecular weight is 550 g/mol. The third kappa shape index (κ3) is 4.09. The molecule has 7 N–H and O–H groups in total. The molecule has 11 heteroatoms. The van der Waals surface area contributed by atoms with E-state index in [1.54, 1.807) is 19.0 Å². The number of ketones is 2. The normalized spacial score (nSPS) is 28.6. The molecular formula is C29H39BN4O6.